The SMILES string of the molecule is CCOc1cccc(Cn2c(=O)c3sccc3n(CC(=O)N[C@H](C)c3ccc(OC)cc3)c2=O)c1. The third kappa shape index (κ3) is 5.30. The Morgan fingerprint density at radius 3 is 2.54 bits per heavy atom. The number of fused-ring (bicyclic) bond motifs is 1. The van der Waals surface area contributed by atoms with Crippen LogP contribution in [-0.4, -0.2) is 28.8 Å². The molecule has 35 heavy (non-hydrogen) atoms. The minimum atomic E-state index is -0.532. The fourth-order valence-corrected chi connectivity index (χ4v) is 4.76. The Hall–Kier alpha value is -3.85. The average molecular weight is 494 g/mol. The van der Waals surface area contributed by atoms with Gasteiger partial charge in [0.2, 0.25) is 5.91 Å². The highest BCUT2D eigenvalue weighted by Crippen LogP contribution is 2.19. The molecule has 0 aliphatic carbocycles. The largest absolute Gasteiger partial charge is 0.497 e. The second-order valence-electron chi connectivity index (χ2n) is 8.04. The van der Waals surface area contributed by atoms with E-state index in [9.17, 15) is 14.4 Å². The summed E-state index contributed by atoms with van der Waals surface area (Å²) in [5.74, 6) is 1.07. The number of amides is 1. The number of benzene rings is 2. The summed E-state index contributed by atoms with van der Waals surface area (Å²) in [5, 5.41) is 4.68. The van der Waals surface area contributed by atoms with Gasteiger partial charge in [0.05, 0.1) is 31.8 Å². The van der Waals surface area contributed by atoms with Gasteiger partial charge in [-0.2, -0.15) is 0 Å². The van der Waals surface area contributed by atoms with Crippen LogP contribution >= 0.6 is 11.3 Å². The molecule has 182 valence electrons. The zero-order valence-corrected chi connectivity index (χ0v) is 20.6. The Morgan fingerprint density at radius 2 is 1.83 bits per heavy atom. The molecule has 0 aliphatic rings. The van der Waals surface area contributed by atoms with Crippen LogP contribution < -0.4 is 26.0 Å². The lowest BCUT2D eigenvalue weighted by Crippen LogP contribution is -2.42. The lowest BCUT2D eigenvalue weighted by Gasteiger charge is -2.17. The molecule has 1 amide bonds. The van der Waals surface area contributed by atoms with E-state index in [1.165, 1.54) is 20.5 Å². The van der Waals surface area contributed by atoms with Crippen molar-refractivity contribution in [2.75, 3.05) is 13.7 Å². The summed E-state index contributed by atoms with van der Waals surface area (Å²) in [6, 6.07) is 16.1. The number of rotatable bonds is 9. The number of carbonyl (C=O) groups is 1. The van der Waals surface area contributed by atoms with Crippen molar-refractivity contribution >= 4 is 27.5 Å². The molecule has 1 N–H and O–H groups in total. The molecule has 0 spiro atoms. The summed E-state index contributed by atoms with van der Waals surface area (Å²) in [6.45, 7) is 4.15. The van der Waals surface area contributed by atoms with Crippen molar-refractivity contribution in [3.63, 3.8) is 0 Å². The van der Waals surface area contributed by atoms with E-state index in [-0.39, 0.29) is 30.6 Å². The van der Waals surface area contributed by atoms with Crippen LogP contribution in [0.1, 0.15) is 31.0 Å². The lowest BCUT2D eigenvalue weighted by atomic mass is 10.1. The molecule has 8 nitrogen and oxygen atoms in total. The molecule has 0 unspecified atom stereocenters. The van der Waals surface area contributed by atoms with Crippen LogP contribution in [0.4, 0.5) is 0 Å². The highest BCUT2D eigenvalue weighted by molar-refractivity contribution is 7.17. The van der Waals surface area contributed by atoms with Crippen LogP contribution in [0.3, 0.4) is 0 Å². The van der Waals surface area contributed by atoms with Gasteiger partial charge >= 0.3 is 5.69 Å². The smallest absolute Gasteiger partial charge is 0.332 e. The number of thiophene rings is 1. The number of aromatic nitrogens is 2. The molecule has 2 aromatic heterocycles. The maximum atomic E-state index is 13.4. The first-order valence-corrected chi connectivity index (χ1v) is 12.1. The maximum Gasteiger partial charge on any atom is 0.332 e. The fourth-order valence-electron chi connectivity index (χ4n) is 3.92. The Labute approximate surface area is 206 Å². The molecular formula is C26H27N3O5S. The molecule has 2 heterocycles. The molecule has 9 heteroatoms. The summed E-state index contributed by atoms with van der Waals surface area (Å²) in [4.78, 5) is 39.4. The average Bonchev–Trinajstić information content (AvgIpc) is 3.35. The van der Waals surface area contributed by atoms with Crippen LogP contribution in [0.15, 0.2) is 69.6 Å². The van der Waals surface area contributed by atoms with Crippen molar-refractivity contribution < 1.29 is 14.3 Å². The van der Waals surface area contributed by atoms with Gasteiger partial charge in [0.1, 0.15) is 22.7 Å². The van der Waals surface area contributed by atoms with E-state index in [2.05, 4.69) is 5.32 Å². The summed E-state index contributed by atoms with van der Waals surface area (Å²) in [5.41, 5.74) is 1.22. The van der Waals surface area contributed by atoms with Gasteiger partial charge in [0.25, 0.3) is 5.56 Å². The summed E-state index contributed by atoms with van der Waals surface area (Å²) in [6.07, 6.45) is 0. The zero-order chi connectivity index (χ0) is 24.9. The Bertz CT molecular complexity index is 1450. The van der Waals surface area contributed by atoms with Crippen molar-refractivity contribution in [2.24, 2.45) is 0 Å². The van der Waals surface area contributed by atoms with Crippen molar-refractivity contribution in [1.82, 2.24) is 14.5 Å². The first kappa shape index (κ1) is 24.3. The monoisotopic (exact) mass is 493 g/mol. The van der Waals surface area contributed by atoms with Crippen molar-refractivity contribution in [2.45, 2.75) is 33.0 Å². The van der Waals surface area contributed by atoms with E-state index in [4.69, 9.17) is 9.47 Å². The van der Waals surface area contributed by atoms with Crippen molar-refractivity contribution in [3.8, 4) is 11.5 Å². The molecule has 0 saturated heterocycles. The van der Waals surface area contributed by atoms with Gasteiger partial charge in [-0.1, -0.05) is 24.3 Å². The highest BCUT2D eigenvalue weighted by Gasteiger charge is 2.18. The second kappa shape index (κ2) is 10.6. The van der Waals surface area contributed by atoms with Crippen LogP contribution in [0.2, 0.25) is 0 Å². The summed E-state index contributed by atoms with van der Waals surface area (Å²) >= 11 is 1.25. The normalized spacial score (nSPS) is 11.9. The van der Waals surface area contributed by atoms with Crippen LogP contribution in [0.5, 0.6) is 11.5 Å². The van der Waals surface area contributed by atoms with Gasteiger partial charge in [0.15, 0.2) is 0 Å². The summed E-state index contributed by atoms with van der Waals surface area (Å²) in [7, 11) is 1.60. The summed E-state index contributed by atoms with van der Waals surface area (Å²) < 4.78 is 13.7. The van der Waals surface area contributed by atoms with E-state index in [1.54, 1.807) is 18.6 Å². The number of nitrogens with zero attached hydrogens (tertiary/aromatic N) is 2. The van der Waals surface area contributed by atoms with E-state index >= 15 is 0 Å². The van der Waals surface area contributed by atoms with E-state index in [0.717, 1.165) is 16.9 Å². The second-order valence-corrected chi connectivity index (χ2v) is 8.95. The number of ether oxygens (including phenoxy) is 2. The first-order chi connectivity index (χ1) is 16.9. The fraction of sp³-hybridized carbons (Fsp3) is 0.269. The number of carbonyl (C=O) groups excluding carboxylic acids is 1. The van der Waals surface area contributed by atoms with Crippen LogP contribution in [0, 0.1) is 0 Å². The molecule has 4 rings (SSSR count). The third-order valence-electron chi connectivity index (χ3n) is 5.68. The van der Waals surface area contributed by atoms with Crippen molar-refractivity contribution in [1.29, 1.82) is 0 Å². The predicted octanol–water partition coefficient (Wildman–Crippen LogP) is 3.56. The zero-order valence-electron chi connectivity index (χ0n) is 19.8. The Kier molecular flexibility index (Phi) is 7.36. The third-order valence-corrected chi connectivity index (χ3v) is 6.57. The lowest BCUT2D eigenvalue weighted by molar-refractivity contribution is -0.122. The number of nitrogens with one attached hydrogen (secondary N) is 1. The van der Waals surface area contributed by atoms with Crippen LogP contribution in [-0.2, 0) is 17.9 Å². The van der Waals surface area contributed by atoms with Crippen molar-refractivity contribution in [3.05, 3.63) is 91.9 Å². The number of hydrogen-bond acceptors (Lipinski definition) is 6. The molecule has 0 fully saturated rings. The minimum absolute atomic E-state index is 0.0797. The predicted molar refractivity (Wildman–Crippen MR) is 137 cm³/mol. The standard InChI is InChI=1S/C26H27N3O5S/c1-4-34-21-7-5-6-18(14-21)15-29-25(31)24-22(12-13-35-24)28(26(29)32)16-23(30)27-17(2)19-8-10-20(33-3)11-9-19/h5-14,17H,4,15-16H2,1-3H3,(H,27,30)/t17-/m1/s1. The molecule has 2 aromatic carbocycles. The molecule has 0 radical (unpaired) electrons. The quantitative estimate of drug-likeness (QED) is 0.385. The van der Waals surface area contributed by atoms with Gasteiger partial charge in [-0.05, 0) is 60.7 Å². The molecule has 1 atom stereocenters. The molecular weight excluding hydrogens is 466 g/mol. The van der Waals surface area contributed by atoms with Gasteiger partial charge in [-0.25, -0.2) is 4.79 Å². The molecule has 0 bridgehead atoms. The molecule has 0 aliphatic heterocycles. The van der Waals surface area contributed by atoms with E-state index < -0.39 is 5.69 Å². The molecule has 0 saturated carbocycles. The number of hydrogen-bond donors (Lipinski definition) is 1. The number of methoxy groups -OCH3 is 1. The van der Waals surface area contributed by atoms with Crippen LogP contribution in [0.25, 0.3) is 10.2 Å². The first-order valence-electron chi connectivity index (χ1n) is 11.3. The highest BCUT2D eigenvalue weighted by atomic mass is 32.1. The van der Waals surface area contributed by atoms with Gasteiger partial charge in [-0.15, -0.1) is 11.3 Å². The van der Waals surface area contributed by atoms with Gasteiger partial charge in [0, 0.05) is 0 Å². The topological polar surface area (TPSA) is 91.6 Å². The van der Waals surface area contributed by atoms with Gasteiger partial charge in [-0.3, -0.25) is 18.7 Å². The Morgan fingerprint density at radius 1 is 1.06 bits per heavy atom. The maximum absolute atomic E-state index is 13.4. The van der Waals surface area contributed by atoms with E-state index in [1.807, 2.05) is 62.4 Å². The van der Waals surface area contributed by atoms with Gasteiger partial charge < -0.3 is 14.8 Å². The van der Waals surface area contributed by atoms with E-state index in [0.29, 0.717) is 22.6 Å². The minimum Gasteiger partial charge on any atom is -0.497 e. The molecule has 4 aromatic rings. The Balaban J connectivity index is 1.61.